The first-order valence-corrected chi connectivity index (χ1v) is 12.6. The van der Waals surface area contributed by atoms with E-state index in [-0.39, 0.29) is 23.4 Å². The van der Waals surface area contributed by atoms with Crippen LogP contribution in [-0.4, -0.2) is 31.5 Å². The Morgan fingerprint density at radius 3 is 2.54 bits per heavy atom. The van der Waals surface area contributed by atoms with Gasteiger partial charge in [-0.1, -0.05) is 48.5 Å². The van der Waals surface area contributed by atoms with Crippen molar-refractivity contribution in [2.75, 3.05) is 0 Å². The molecule has 3 aromatic heterocycles. The molecule has 8 heteroatoms. The van der Waals surface area contributed by atoms with Gasteiger partial charge in [0.1, 0.15) is 12.3 Å². The molecule has 0 unspecified atom stereocenters. The Labute approximate surface area is 213 Å². The first-order chi connectivity index (χ1) is 18.2. The van der Waals surface area contributed by atoms with Crippen LogP contribution in [0.15, 0.2) is 83.9 Å². The molecular weight excluding hydrogens is 466 g/mol. The summed E-state index contributed by atoms with van der Waals surface area (Å²) in [6.45, 7) is 0.428. The first-order valence-electron chi connectivity index (χ1n) is 12.6. The highest BCUT2D eigenvalue weighted by atomic mass is 16.5. The number of aromatic nitrogens is 4. The predicted molar refractivity (Wildman–Crippen MR) is 141 cm³/mol. The second-order valence-electron chi connectivity index (χ2n) is 9.49. The molecular formula is C29H27N5O3. The Kier molecular flexibility index (Phi) is 6.14. The Morgan fingerprint density at radius 2 is 1.73 bits per heavy atom. The van der Waals surface area contributed by atoms with Gasteiger partial charge in [0.25, 0.3) is 11.5 Å². The molecule has 6 rings (SSSR count). The van der Waals surface area contributed by atoms with E-state index in [9.17, 15) is 9.59 Å². The number of fused-ring (bicyclic) bond motifs is 2. The smallest absolute Gasteiger partial charge is 0.272 e. The molecule has 1 amide bonds. The molecule has 0 radical (unpaired) electrons. The summed E-state index contributed by atoms with van der Waals surface area (Å²) >= 11 is 0. The van der Waals surface area contributed by atoms with Crippen molar-refractivity contribution in [2.45, 2.75) is 44.2 Å². The fourth-order valence-corrected chi connectivity index (χ4v) is 5.22. The monoisotopic (exact) mass is 493 g/mol. The molecule has 1 aliphatic carbocycles. The van der Waals surface area contributed by atoms with E-state index in [1.54, 1.807) is 10.6 Å². The number of pyridine rings is 1. The van der Waals surface area contributed by atoms with Crippen LogP contribution in [0.5, 0.6) is 5.75 Å². The Balaban J connectivity index is 1.12. The number of amides is 1. The molecule has 8 nitrogen and oxygen atoms in total. The minimum absolute atomic E-state index is 0.0702. The zero-order valence-corrected chi connectivity index (χ0v) is 20.3. The summed E-state index contributed by atoms with van der Waals surface area (Å²) in [5, 5.41) is 11.8. The van der Waals surface area contributed by atoms with E-state index < -0.39 is 0 Å². The van der Waals surface area contributed by atoms with Crippen molar-refractivity contribution in [2.24, 2.45) is 0 Å². The number of carbonyl (C=O) groups is 1. The number of H-pyrrole nitrogens is 1. The van der Waals surface area contributed by atoms with Crippen LogP contribution in [0, 0.1) is 0 Å². The van der Waals surface area contributed by atoms with Gasteiger partial charge in [-0.05, 0) is 49.4 Å². The number of benzene rings is 2. The summed E-state index contributed by atoms with van der Waals surface area (Å²) in [5.74, 6) is 0.727. The van der Waals surface area contributed by atoms with Crippen LogP contribution >= 0.6 is 0 Å². The number of nitrogens with one attached hydrogen (secondary N) is 2. The predicted octanol–water partition coefficient (Wildman–Crippen LogP) is 4.61. The zero-order valence-electron chi connectivity index (χ0n) is 20.3. The fourth-order valence-electron chi connectivity index (χ4n) is 5.22. The van der Waals surface area contributed by atoms with Gasteiger partial charge >= 0.3 is 0 Å². The lowest BCUT2D eigenvalue weighted by Crippen LogP contribution is -2.38. The van der Waals surface area contributed by atoms with E-state index in [2.05, 4.69) is 20.5 Å². The highest BCUT2D eigenvalue weighted by molar-refractivity contribution is 5.93. The lowest BCUT2D eigenvalue weighted by Gasteiger charge is -2.29. The van der Waals surface area contributed by atoms with E-state index in [0.717, 1.165) is 42.3 Å². The van der Waals surface area contributed by atoms with E-state index in [1.165, 1.54) is 0 Å². The Bertz CT molecular complexity index is 1620. The van der Waals surface area contributed by atoms with Gasteiger partial charge in [-0.25, -0.2) is 10.1 Å². The molecule has 0 spiro atoms. The van der Waals surface area contributed by atoms with Gasteiger partial charge in [-0.2, -0.15) is 5.10 Å². The van der Waals surface area contributed by atoms with E-state index in [1.807, 2.05) is 72.9 Å². The molecule has 0 atom stereocenters. The Morgan fingerprint density at radius 1 is 0.973 bits per heavy atom. The molecule has 186 valence electrons. The maximum absolute atomic E-state index is 13.2. The molecule has 0 saturated heterocycles. The molecule has 2 aromatic carbocycles. The molecule has 1 fully saturated rings. The molecule has 0 bridgehead atoms. The summed E-state index contributed by atoms with van der Waals surface area (Å²) in [6, 6.07) is 21.3. The second-order valence-corrected chi connectivity index (χ2v) is 9.49. The summed E-state index contributed by atoms with van der Waals surface area (Å²) in [7, 11) is 0. The van der Waals surface area contributed by atoms with E-state index >= 15 is 0 Å². The normalized spacial score (nSPS) is 17.6. The van der Waals surface area contributed by atoms with Gasteiger partial charge in [-0.3, -0.25) is 14.0 Å². The maximum Gasteiger partial charge on any atom is 0.272 e. The number of rotatable bonds is 6. The van der Waals surface area contributed by atoms with Gasteiger partial charge in [0.05, 0.1) is 17.3 Å². The van der Waals surface area contributed by atoms with Crippen LogP contribution in [0.2, 0.25) is 0 Å². The molecule has 2 N–H and O–H groups in total. The minimum Gasteiger partial charge on any atom is -0.485 e. The molecule has 1 aliphatic rings. The average molecular weight is 494 g/mol. The van der Waals surface area contributed by atoms with Gasteiger partial charge in [0.15, 0.2) is 11.4 Å². The quantitative estimate of drug-likeness (QED) is 0.360. The van der Waals surface area contributed by atoms with Crippen molar-refractivity contribution in [3.8, 4) is 5.75 Å². The van der Waals surface area contributed by atoms with Crippen molar-refractivity contribution in [3.63, 3.8) is 0 Å². The second kappa shape index (κ2) is 9.89. The Hall–Kier alpha value is -4.46. The highest BCUT2D eigenvalue weighted by Crippen LogP contribution is 2.34. The average Bonchev–Trinajstić information content (AvgIpc) is 3.39. The third kappa shape index (κ3) is 4.58. The number of imidazole rings is 1. The summed E-state index contributed by atoms with van der Waals surface area (Å²) in [4.78, 5) is 29.8. The number of hydrogen-bond donors (Lipinski definition) is 2. The summed E-state index contributed by atoms with van der Waals surface area (Å²) in [6.07, 6.45) is 6.89. The van der Waals surface area contributed by atoms with Gasteiger partial charge in [-0.15, -0.1) is 0 Å². The lowest BCUT2D eigenvalue weighted by atomic mass is 9.82. The van der Waals surface area contributed by atoms with E-state index in [4.69, 9.17) is 4.74 Å². The van der Waals surface area contributed by atoms with Crippen LogP contribution in [0.4, 0.5) is 0 Å². The molecule has 5 aromatic rings. The van der Waals surface area contributed by atoms with Crippen molar-refractivity contribution < 1.29 is 9.53 Å². The van der Waals surface area contributed by atoms with Crippen LogP contribution in [-0.2, 0) is 6.61 Å². The number of nitrogens with zero attached hydrogens (tertiary/aromatic N) is 3. The van der Waals surface area contributed by atoms with Crippen LogP contribution in [0.3, 0.4) is 0 Å². The number of ether oxygens (including phenoxy) is 1. The van der Waals surface area contributed by atoms with Crippen molar-refractivity contribution in [3.05, 3.63) is 106 Å². The maximum atomic E-state index is 13.2. The number of hydrogen-bond acceptors (Lipinski definition) is 5. The van der Waals surface area contributed by atoms with Crippen LogP contribution < -0.4 is 15.6 Å². The van der Waals surface area contributed by atoms with Crippen molar-refractivity contribution in [1.82, 2.24) is 24.9 Å². The molecule has 37 heavy (non-hydrogen) atoms. The van der Waals surface area contributed by atoms with Crippen molar-refractivity contribution in [1.29, 1.82) is 0 Å². The number of carbonyl (C=O) groups excluding carboxylic acids is 1. The minimum atomic E-state index is -0.165. The third-order valence-corrected chi connectivity index (χ3v) is 7.14. The lowest BCUT2D eigenvalue weighted by molar-refractivity contribution is 0.0919. The molecule has 3 heterocycles. The van der Waals surface area contributed by atoms with Crippen LogP contribution in [0.25, 0.3) is 16.4 Å². The molecule has 0 aliphatic heterocycles. The van der Waals surface area contributed by atoms with Gasteiger partial charge in [0.2, 0.25) is 0 Å². The first kappa shape index (κ1) is 23.0. The van der Waals surface area contributed by atoms with Crippen LogP contribution in [0.1, 0.15) is 53.3 Å². The van der Waals surface area contributed by atoms with Crippen molar-refractivity contribution >= 4 is 22.3 Å². The molecule has 1 saturated carbocycles. The standard InChI is InChI=1S/C29H27N5O3/c35-28-23-10-5-4-9-22(23)26(32-33-28)20-12-14-21(15-13-20)31-29(36)24-17-30-27-25(11-6-16-34(24)27)37-18-19-7-2-1-3-8-19/h1-11,16-17,20-21H,12-15,18H2,(H,31,36)(H,33,35)/t20-,21-. The zero-order chi connectivity index (χ0) is 25.2. The summed E-state index contributed by atoms with van der Waals surface area (Å²) < 4.78 is 7.77. The third-order valence-electron chi connectivity index (χ3n) is 7.14. The highest BCUT2D eigenvalue weighted by Gasteiger charge is 2.27. The van der Waals surface area contributed by atoms with Gasteiger partial charge < -0.3 is 10.1 Å². The number of aromatic amines is 1. The summed E-state index contributed by atoms with van der Waals surface area (Å²) in [5.41, 5.74) is 2.93. The fraction of sp³-hybridized carbons (Fsp3) is 0.241. The van der Waals surface area contributed by atoms with E-state index in [0.29, 0.717) is 29.1 Å². The van der Waals surface area contributed by atoms with Gasteiger partial charge in [0, 0.05) is 23.5 Å². The topological polar surface area (TPSA) is 101 Å². The SMILES string of the molecule is O=C(N[C@H]1CC[C@H](c2n[nH]c(=O)c3ccccc32)CC1)c1cnc2c(OCc3ccccc3)cccn12. The largest absolute Gasteiger partial charge is 0.485 e.